The SMILES string of the molecule is C[C@H]1CO[C@@H](c2cc(NC(=O)N3CC[C@H](Nc4ccccc4)C3)n[nH]2)C1. The van der Waals surface area contributed by atoms with Crippen molar-refractivity contribution in [1.82, 2.24) is 15.1 Å². The van der Waals surface area contributed by atoms with E-state index in [9.17, 15) is 4.79 Å². The Hall–Kier alpha value is -2.54. The van der Waals surface area contributed by atoms with Gasteiger partial charge in [-0.3, -0.25) is 10.4 Å². The summed E-state index contributed by atoms with van der Waals surface area (Å²) in [6.07, 6.45) is 1.96. The Labute approximate surface area is 153 Å². The molecule has 7 heteroatoms. The summed E-state index contributed by atoms with van der Waals surface area (Å²) >= 11 is 0. The van der Waals surface area contributed by atoms with Crippen LogP contribution in [0.25, 0.3) is 0 Å². The first-order valence-electron chi connectivity index (χ1n) is 9.22. The van der Waals surface area contributed by atoms with Crippen LogP contribution in [0.2, 0.25) is 0 Å². The molecule has 2 amide bonds. The van der Waals surface area contributed by atoms with Gasteiger partial charge in [0.05, 0.1) is 18.4 Å². The van der Waals surface area contributed by atoms with Crippen LogP contribution in [0.3, 0.4) is 0 Å². The summed E-state index contributed by atoms with van der Waals surface area (Å²) < 4.78 is 5.74. The Bertz CT molecular complexity index is 747. The third kappa shape index (κ3) is 3.83. The molecule has 0 radical (unpaired) electrons. The average Bonchev–Trinajstić information content (AvgIpc) is 3.37. The summed E-state index contributed by atoms with van der Waals surface area (Å²) in [5.74, 6) is 1.10. The smallest absolute Gasteiger partial charge is 0.323 e. The molecule has 2 aliphatic heterocycles. The maximum atomic E-state index is 12.5. The zero-order valence-corrected chi connectivity index (χ0v) is 14.9. The van der Waals surface area contributed by atoms with Gasteiger partial charge in [0.15, 0.2) is 5.82 Å². The van der Waals surface area contributed by atoms with Crippen molar-refractivity contribution in [3.05, 3.63) is 42.1 Å². The first-order valence-corrected chi connectivity index (χ1v) is 9.22. The lowest BCUT2D eigenvalue weighted by atomic mass is 10.1. The fourth-order valence-electron chi connectivity index (χ4n) is 3.59. The molecule has 3 atom stereocenters. The first kappa shape index (κ1) is 16.9. The molecule has 2 aromatic rings. The van der Waals surface area contributed by atoms with E-state index >= 15 is 0 Å². The predicted molar refractivity (Wildman–Crippen MR) is 100 cm³/mol. The van der Waals surface area contributed by atoms with Crippen molar-refractivity contribution in [3.8, 4) is 0 Å². The largest absolute Gasteiger partial charge is 0.380 e. The summed E-state index contributed by atoms with van der Waals surface area (Å²) in [6, 6.07) is 12.1. The van der Waals surface area contributed by atoms with E-state index in [1.54, 1.807) is 0 Å². The molecule has 0 bridgehead atoms. The number of carbonyl (C=O) groups is 1. The lowest BCUT2D eigenvalue weighted by Crippen LogP contribution is -2.35. The van der Waals surface area contributed by atoms with E-state index in [0.717, 1.165) is 37.4 Å². The third-order valence-corrected chi connectivity index (χ3v) is 5.00. The van der Waals surface area contributed by atoms with E-state index in [0.29, 0.717) is 18.3 Å². The highest BCUT2D eigenvalue weighted by molar-refractivity contribution is 5.88. The minimum atomic E-state index is -0.110. The molecule has 0 spiro atoms. The molecule has 2 fully saturated rings. The maximum Gasteiger partial charge on any atom is 0.323 e. The highest BCUT2D eigenvalue weighted by atomic mass is 16.5. The van der Waals surface area contributed by atoms with Gasteiger partial charge in [0.1, 0.15) is 0 Å². The van der Waals surface area contributed by atoms with Crippen LogP contribution in [0.5, 0.6) is 0 Å². The molecule has 26 heavy (non-hydrogen) atoms. The first-order chi connectivity index (χ1) is 12.7. The Morgan fingerprint density at radius 1 is 1.35 bits per heavy atom. The predicted octanol–water partition coefficient (Wildman–Crippen LogP) is 3.23. The van der Waals surface area contributed by atoms with Crippen molar-refractivity contribution < 1.29 is 9.53 Å². The number of para-hydroxylation sites is 1. The van der Waals surface area contributed by atoms with E-state index in [1.165, 1.54) is 0 Å². The van der Waals surface area contributed by atoms with Gasteiger partial charge in [-0.2, -0.15) is 5.10 Å². The molecule has 1 aromatic heterocycles. The fourth-order valence-corrected chi connectivity index (χ4v) is 3.59. The number of carbonyl (C=O) groups excluding carboxylic acids is 1. The number of urea groups is 1. The summed E-state index contributed by atoms with van der Waals surface area (Å²) in [4.78, 5) is 14.3. The Morgan fingerprint density at radius 3 is 2.96 bits per heavy atom. The second kappa shape index (κ2) is 7.37. The van der Waals surface area contributed by atoms with Crippen LogP contribution < -0.4 is 10.6 Å². The lowest BCUT2D eigenvalue weighted by Gasteiger charge is -2.17. The number of likely N-dealkylation sites (tertiary alicyclic amines) is 1. The number of H-pyrrole nitrogens is 1. The van der Waals surface area contributed by atoms with E-state index in [1.807, 2.05) is 41.3 Å². The molecule has 1 aromatic carbocycles. The summed E-state index contributed by atoms with van der Waals surface area (Å²) in [5, 5.41) is 13.5. The molecule has 7 nitrogen and oxygen atoms in total. The number of ether oxygens (including phenoxy) is 1. The Balaban J connectivity index is 1.29. The number of hydrogen-bond donors (Lipinski definition) is 3. The standard InChI is InChI=1S/C19H25N5O2/c1-13-9-17(26-12-13)16-10-18(23-22-16)21-19(25)24-8-7-15(11-24)20-14-5-3-2-4-6-14/h2-6,10,13,15,17,20H,7-9,11-12H2,1H3,(H2,21,22,23,25)/t13-,15+,17-/m1/s1. The molecule has 0 saturated carbocycles. The minimum absolute atomic E-state index is 0.0504. The second-order valence-electron chi connectivity index (χ2n) is 7.24. The Morgan fingerprint density at radius 2 is 2.19 bits per heavy atom. The van der Waals surface area contributed by atoms with Crippen LogP contribution >= 0.6 is 0 Å². The zero-order chi connectivity index (χ0) is 17.9. The van der Waals surface area contributed by atoms with Gasteiger partial charge in [0, 0.05) is 30.9 Å². The molecule has 0 unspecified atom stereocenters. The summed E-state index contributed by atoms with van der Waals surface area (Å²) in [7, 11) is 0. The van der Waals surface area contributed by atoms with Crippen LogP contribution in [0, 0.1) is 5.92 Å². The number of nitrogens with zero attached hydrogens (tertiary/aromatic N) is 2. The van der Waals surface area contributed by atoms with Crippen LogP contribution in [0.1, 0.15) is 31.6 Å². The summed E-state index contributed by atoms with van der Waals surface area (Å²) in [6.45, 7) is 4.36. The van der Waals surface area contributed by atoms with Gasteiger partial charge in [-0.05, 0) is 30.9 Å². The number of aromatic amines is 1. The second-order valence-corrected chi connectivity index (χ2v) is 7.24. The van der Waals surface area contributed by atoms with Crippen molar-refractivity contribution in [2.75, 3.05) is 30.3 Å². The summed E-state index contributed by atoms with van der Waals surface area (Å²) in [5.41, 5.74) is 2.01. The van der Waals surface area contributed by atoms with Crippen molar-refractivity contribution in [2.45, 2.75) is 31.9 Å². The third-order valence-electron chi connectivity index (χ3n) is 5.00. The topological polar surface area (TPSA) is 82.3 Å². The average molecular weight is 355 g/mol. The number of nitrogens with one attached hydrogen (secondary N) is 3. The lowest BCUT2D eigenvalue weighted by molar-refractivity contribution is 0.105. The molecular formula is C19H25N5O2. The number of anilines is 2. The molecule has 0 aliphatic carbocycles. The quantitative estimate of drug-likeness (QED) is 0.786. The van der Waals surface area contributed by atoms with Gasteiger partial charge in [0.2, 0.25) is 0 Å². The number of hydrogen-bond acceptors (Lipinski definition) is 4. The van der Waals surface area contributed by atoms with Crippen molar-refractivity contribution >= 4 is 17.5 Å². The van der Waals surface area contributed by atoms with E-state index < -0.39 is 0 Å². The molecular weight excluding hydrogens is 330 g/mol. The number of benzene rings is 1. The minimum Gasteiger partial charge on any atom is -0.380 e. The molecule has 138 valence electrons. The van der Waals surface area contributed by atoms with Gasteiger partial charge >= 0.3 is 6.03 Å². The highest BCUT2D eigenvalue weighted by Crippen LogP contribution is 2.31. The van der Waals surface area contributed by atoms with Crippen molar-refractivity contribution in [3.63, 3.8) is 0 Å². The number of aromatic nitrogens is 2. The van der Waals surface area contributed by atoms with E-state index in [4.69, 9.17) is 4.74 Å². The van der Waals surface area contributed by atoms with Crippen molar-refractivity contribution in [1.29, 1.82) is 0 Å². The van der Waals surface area contributed by atoms with Crippen LogP contribution in [-0.4, -0.2) is 46.9 Å². The van der Waals surface area contributed by atoms with Crippen LogP contribution in [0.15, 0.2) is 36.4 Å². The van der Waals surface area contributed by atoms with Gasteiger partial charge in [0.25, 0.3) is 0 Å². The van der Waals surface area contributed by atoms with E-state index in [-0.39, 0.29) is 18.2 Å². The van der Waals surface area contributed by atoms with Gasteiger partial charge in [-0.15, -0.1) is 0 Å². The van der Waals surface area contributed by atoms with Crippen LogP contribution in [0.4, 0.5) is 16.3 Å². The van der Waals surface area contributed by atoms with E-state index in [2.05, 4.69) is 27.8 Å². The van der Waals surface area contributed by atoms with Gasteiger partial charge in [-0.1, -0.05) is 25.1 Å². The normalized spacial score (nSPS) is 25.4. The molecule has 3 heterocycles. The highest BCUT2D eigenvalue weighted by Gasteiger charge is 2.28. The van der Waals surface area contributed by atoms with Crippen molar-refractivity contribution in [2.24, 2.45) is 5.92 Å². The number of amides is 2. The monoisotopic (exact) mass is 355 g/mol. The molecule has 4 rings (SSSR count). The van der Waals surface area contributed by atoms with Gasteiger partial charge < -0.3 is 15.0 Å². The molecule has 2 aliphatic rings. The number of rotatable bonds is 4. The maximum absolute atomic E-state index is 12.5. The van der Waals surface area contributed by atoms with Gasteiger partial charge in [-0.25, -0.2) is 4.79 Å². The fraction of sp³-hybridized carbons (Fsp3) is 0.474. The molecule has 3 N–H and O–H groups in total. The zero-order valence-electron chi connectivity index (χ0n) is 14.9. The molecule has 2 saturated heterocycles. The Kier molecular flexibility index (Phi) is 4.79. The van der Waals surface area contributed by atoms with Crippen LogP contribution in [-0.2, 0) is 4.74 Å².